The van der Waals surface area contributed by atoms with Gasteiger partial charge in [0.25, 0.3) is 0 Å². The van der Waals surface area contributed by atoms with Crippen LogP contribution in [0.25, 0.3) is 6.08 Å². The Labute approximate surface area is 209 Å². The summed E-state index contributed by atoms with van der Waals surface area (Å²) in [5, 5.41) is 9.95. The molecular weight excluding hydrogens is 438 g/mol. The third kappa shape index (κ3) is 7.74. The van der Waals surface area contributed by atoms with Crippen LogP contribution >= 0.6 is 0 Å². The Hall–Kier alpha value is -3.02. The maximum Gasteiger partial charge on any atom is 0.341 e. The van der Waals surface area contributed by atoms with Gasteiger partial charge in [0.1, 0.15) is 17.0 Å². The summed E-state index contributed by atoms with van der Waals surface area (Å²) < 4.78 is 5.90. The van der Waals surface area contributed by atoms with Gasteiger partial charge in [-0.3, -0.25) is 0 Å². The molecule has 35 heavy (non-hydrogen) atoms. The average molecular weight is 480 g/mol. The minimum Gasteiger partial charge on any atom is -0.490 e. The zero-order valence-corrected chi connectivity index (χ0v) is 21.6. The van der Waals surface area contributed by atoms with Gasteiger partial charge in [-0.05, 0) is 56.5 Å². The number of nitrogens with one attached hydrogen (secondary N) is 2. The van der Waals surface area contributed by atoms with Crippen molar-refractivity contribution in [2.45, 2.75) is 91.4 Å². The minimum absolute atomic E-state index is 0.105. The highest BCUT2D eigenvalue weighted by Crippen LogP contribution is 2.31. The van der Waals surface area contributed by atoms with E-state index >= 15 is 0 Å². The summed E-state index contributed by atoms with van der Waals surface area (Å²) in [4.78, 5) is 23.5. The highest BCUT2D eigenvalue weighted by atomic mass is 16.5. The van der Waals surface area contributed by atoms with Crippen molar-refractivity contribution in [2.75, 3.05) is 6.61 Å². The van der Waals surface area contributed by atoms with Gasteiger partial charge in [0.05, 0.1) is 12.3 Å². The Bertz CT molecular complexity index is 1050. The Kier molecular flexibility index (Phi) is 10.5. The van der Waals surface area contributed by atoms with E-state index in [1.165, 1.54) is 63.5 Å². The number of carboxylic acid groups (broad SMARTS) is 1. The van der Waals surface area contributed by atoms with E-state index in [0.717, 1.165) is 24.2 Å². The third-order valence-corrected chi connectivity index (χ3v) is 6.29. The number of H-pyrrole nitrogens is 2. The molecule has 6 nitrogen and oxygen atoms in total. The zero-order valence-electron chi connectivity index (χ0n) is 21.6. The first-order valence-corrected chi connectivity index (χ1v) is 13.3. The molecule has 6 heteroatoms. The lowest BCUT2D eigenvalue weighted by atomic mass is 10.1. The summed E-state index contributed by atoms with van der Waals surface area (Å²) in [6.07, 6.45) is 15.5. The summed E-state index contributed by atoms with van der Waals surface area (Å²) in [6.45, 7) is 6.63. The summed E-state index contributed by atoms with van der Waals surface area (Å²) >= 11 is 0. The molecule has 1 aliphatic rings. The number of hydrogen-bond donors (Lipinski definition) is 3. The molecule has 3 heterocycles. The number of rotatable bonds is 16. The standard InChI is InChI=1S/C29H41N3O3/c1-4-6-7-8-9-10-11-12-13-14-22-16-17-23(31-22)20-25-28(35-19-5-2)26(29(33)34)27(32-25)24-18-15-21(3)30-24/h15-18,20,30-31H,4-14,19H2,1-3H3,(H,33,34)/b25-20-. The lowest BCUT2D eigenvalue weighted by molar-refractivity contribution is -0.132. The fraction of sp³-hybridized carbons (Fsp3) is 0.517. The summed E-state index contributed by atoms with van der Waals surface area (Å²) in [6, 6.07) is 7.91. The number of carboxylic acids is 1. The van der Waals surface area contributed by atoms with Crippen LogP contribution in [0, 0.1) is 6.92 Å². The maximum absolute atomic E-state index is 12.2. The van der Waals surface area contributed by atoms with Crippen molar-refractivity contribution in [2.24, 2.45) is 4.99 Å². The van der Waals surface area contributed by atoms with Crippen LogP contribution in [0.5, 0.6) is 0 Å². The highest BCUT2D eigenvalue weighted by Gasteiger charge is 2.32. The van der Waals surface area contributed by atoms with Crippen LogP contribution < -0.4 is 0 Å². The van der Waals surface area contributed by atoms with Gasteiger partial charge in [0.2, 0.25) is 0 Å². The summed E-state index contributed by atoms with van der Waals surface area (Å²) in [5.41, 5.74) is 4.78. The largest absolute Gasteiger partial charge is 0.490 e. The van der Waals surface area contributed by atoms with Crippen LogP contribution in [-0.2, 0) is 16.0 Å². The first-order chi connectivity index (χ1) is 17.0. The molecule has 0 amide bonds. The number of aromatic nitrogens is 2. The molecule has 0 bridgehead atoms. The normalized spacial score (nSPS) is 14.7. The van der Waals surface area contributed by atoms with Gasteiger partial charge in [-0.1, -0.05) is 65.2 Å². The maximum atomic E-state index is 12.2. The van der Waals surface area contributed by atoms with Crippen LogP contribution in [0.1, 0.15) is 101 Å². The van der Waals surface area contributed by atoms with Crippen molar-refractivity contribution in [1.29, 1.82) is 0 Å². The van der Waals surface area contributed by atoms with Gasteiger partial charge in [-0.25, -0.2) is 9.79 Å². The molecule has 0 atom stereocenters. The molecule has 0 fully saturated rings. The molecule has 0 aliphatic carbocycles. The molecule has 0 unspecified atom stereocenters. The van der Waals surface area contributed by atoms with Crippen molar-refractivity contribution >= 4 is 17.8 Å². The second-order valence-corrected chi connectivity index (χ2v) is 9.42. The van der Waals surface area contributed by atoms with E-state index in [2.05, 4.69) is 28.0 Å². The van der Waals surface area contributed by atoms with Gasteiger partial charge >= 0.3 is 5.97 Å². The number of aromatic amines is 2. The Morgan fingerprint density at radius 2 is 1.66 bits per heavy atom. The number of aliphatic carboxylic acids is 1. The number of aryl methyl sites for hydroxylation is 2. The van der Waals surface area contributed by atoms with Crippen molar-refractivity contribution in [3.05, 3.63) is 64.1 Å². The molecule has 2 aromatic heterocycles. The SMILES string of the molecule is CCCCCCCCCCCc1ccc(/C=C2\N=C(c3ccc(C)[nH]3)C(C(=O)O)=C2OCCC)[nH]1. The molecule has 0 radical (unpaired) electrons. The van der Waals surface area contributed by atoms with Crippen LogP contribution in [0.2, 0.25) is 0 Å². The second-order valence-electron chi connectivity index (χ2n) is 9.42. The summed E-state index contributed by atoms with van der Waals surface area (Å²) in [7, 11) is 0. The van der Waals surface area contributed by atoms with Crippen molar-refractivity contribution in [1.82, 2.24) is 9.97 Å². The number of hydrogen-bond acceptors (Lipinski definition) is 3. The van der Waals surface area contributed by atoms with Gasteiger partial charge in [0, 0.05) is 17.1 Å². The predicted molar refractivity (Wildman–Crippen MR) is 143 cm³/mol. The average Bonchev–Trinajstić information content (AvgIpc) is 3.55. The second kappa shape index (κ2) is 13.8. The monoisotopic (exact) mass is 479 g/mol. The Morgan fingerprint density at radius 1 is 0.943 bits per heavy atom. The van der Waals surface area contributed by atoms with E-state index in [0.29, 0.717) is 29.5 Å². The molecule has 0 spiro atoms. The van der Waals surface area contributed by atoms with Crippen molar-refractivity contribution in [3.63, 3.8) is 0 Å². The number of unbranched alkanes of at least 4 members (excludes halogenated alkanes) is 8. The fourth-order valence-electron chi connectivity index (χ4n) is 4.41. The number of carbonyl (C=O) groups is 1. The Morgan fingerprint density at radius 3 is 2.29 bits per heavy atom. The van der Waals surface area contributed by atoms with Crippen LogP contribution in [0.4, 0.5) is 0 Å². The van der Waals surface area contributed by atoms with Crippen LogP contribution in [0.3, 0.4) is 0 Å². The fourth-order valence-corrected chi connectivity index (χ4v) is 4.41. The van der Waals surface area contributed by atoms with E-state index in [-0.39, 0.29) is 5.57 Å². The first kappa shape index (κ1) is 26.6. The van der Waals surface area contributed by atoms with Gasteiger partial charge in [-0.2, -0.15) is 0 Å². The van der Waals surface area contributed by atoms with Crippen molar-refractivity contribution < 1.29 is 14.6 Å². The van der Waals surface area contributed by atoms with E-state index in [1.54, 1.807) is 0 Å². The number of nitrogens with zero attached hydrogens (tertiary/aromatic N) is 1. The quantitative estimate of drug-likeness (QED) is 0.220. The van der Waals surface area contributed by atoms with E-state index in [4.69, 9.17) is 4.74 Å². The molecule has 0 saturated heterocycles. The van der Waals surface area contributed by atoms with E-state index < -0.39 is 5.97 Å². The molecule has 1 aliphatic heterocycles. The zero-order chi connectivity index (χ0) is 25.0. The van der Waals surface area contributed by atoms with Gasteiger partial charge in [0.15, 0.2) is 5.76 Å². The molecule has 0 saturated carbocycles. The molecule has 0 aromatic carbocycles. The Balaban J connectivity index is 1.65. The smallest absolute Gasteiger partial charge is 0.341 e. The molecular formula is C29H41N3O3. The molecule has 3 rings (SSSR count). The third-order valence-electron chi connectivity index (χ3n) is 6.29. The molecule has 2 aromatic rings. The lowest BCUT2D eigenvalue weighted by Crippen LogP contribution is -2.14. The van der Waals surface area contributed by atoms with Gasteiger partial charge < -0.3 is 19.8 Å². The van der Waals surface area contributed by atoms with Crippen molar-refractivity contribution in [3.8, 4) is 0 Å². The van der Waals surface area contributed by atoms with Crippen LogP contribution in [-0.4, -0.2) is 33.4 Å². The summed E-state index contributed by atoms with van der Waals surface area (Å²) in [5.74, 6) is -0.709. The van der Waals surface area contributed by atoms with Crippen LogP contribution in [0.15, 0.2) is 46.3 Å². The highest BCUT2D eigenvalue weighted by molar-refractivity contribution is 6.28. The first-order valence-electron chi connectivity index (χ1n) is 13.3. The minimum atomic E-state index is -1.04. The molecule has 190 valence electrons. The van der Waals surface area contributed by atoms with Gasteiger partial charge in [-0.15, -0.1) is 0 Å². The van der Waals surface area contributed by atoms with E-state index in [1.807, 2.05) is 38.1 Å². The van der Waals surface area contributed by atoms with E-state index in [9.17, 15) is 9.90 Å². The number of ether oxygens (including phenoxy) is 1. The topological polar surface area (TPSA) is 90.5 Å². The lowest BCUT2D eigenvalue weighted by Gasteiger charge is -2.08. The number of aliphatic imine (C=N–C) groups is 1. The predicted octanol–water partition coefficient (Wildman–Crippen LogP) is 7.33. The molecule has 3 N–H and O–H groups in total.